The summed E-state index contributed by atoms with van der Waals surface area (Å²) in [6.07, 6.45) is 1.14. The highest BCUT2D eigenvalue weighted by Gasteiger charge is 2.17. The van der Waals surface area contributed by atoms with E-state index in [1.807, 2.05) is 32.9 Å². The Morgan fingerprint density at radius 2 is 1.82 bits per heavy atom. The number of ether oxygens (including phenoxy) is 3. The number of methoxy groups -OCH3 is 1. The first-order chi connectivity index (χ1) is 10.6. The van der Waals surface area contributed by atoms with Crippen molar-refractivity contribution in [3.63, 3.8) is 0 Å². The van der Waals surface area contributed by atoms with E-state index >= 15 is 0 Å². The van der Waals surface area contributed by atoms with Gasteiger partial charge in [0.2, 0.25) is 0 Å². The van der Waals surface area contributed by atoms with Crippen molar-refractivity contribution >= 4 is 5.91 Å². The fourth-order valence-electron chi connectivity index (χ4n) is 1.86. The van der Waals surface area contributed by atoms with E-state index in [2.05, 4.69) is 5.32 Å². The van der Waals surface area contributed by atoms with Crippen molar-refractivity contribution in [3.05, 3.63) is 24.3 Å². The number of benzene rings is 1. The minimum absolute atomic E-state index is 0.0946. The molecule has 0 saturated carbocycles. The van der Waals surface area contributed by atoms with Crippen LogP contribution in [0.25, 0.3) is 0 Å². The Morgan fingerprint density at radius 1 is 1.18 bits per heavy atom. The molecule has 0 aliphatic heterocycles. The van der Waals surface area contributed by atoms with Crippen molar-refractivity contribution in [2.45, 2.75) is 45.8 Å². The lowest BCUT2D eigenvalue weighted by atomic mass is 10.2. The van der Waals surface area contributed by atoms with Gasteiger partial charge in [-0.1, -0.05) is 6.92 Å². The lowest BCUT2D eigenvalue weighted by Crippen LogP contribution is -2.38. The molecule has 1 atom stereocenters. The summed E-state index contributed by atoms with van der Waals surface area (Å²) in [6.45, 7) is 7.15. The summed E-state index contributed by atoms with van der Waals surface area (Å²) in [7, 11) is 1.61. The van der Waals surface area contributed by atoms with E-state index < -0.39 is 6.10 Å². The van der Waals surface area contributed by atoms with E-state index in [-0.39, 0.29) is 12.0 Å². The Kier molecular flexibility index (Phi) is 8.36. The number of rotatable bonds is 10. The van der Waals surface area contributed by atoms with Gasteiger partial charge in [-0.3, -0.25) is 4.79 Å². The second-order valence-corrected chi connectivity index (χ2v) is 5.25. The third kappa shape index (κ3) is 6.80. The van der Waals surface area contributed by atoms with Crippen LogP contribution < -0.4 is 14.8 Å². The van der Waals surface area contributed by atoms with E-state index in [0.29, 0.717) is 25.3 Å². The number of amides is 1. The van der Waals surface area contributed by atoms with Crippen LogP contribution in [0.4, 0.5) is 0 Å². The highest BCUT2D eigenvalue weighted by atomic mass is 16.5. The van der Waals surface area contributed by atoms with Gasteiger partial charge in [0.1, 0.15) is 11.5 Å². The topological polar surface area (TPSA) is 56.8 Å². The van der Waals surface area contributed by atoms with E-state index in [0.717, 1.165) is 12.2 Å². The first kappa shape index (κ1) is 18.3. The fraction of sp³-hybridized carbons (Fsp3) is 0.588. The first-order valence-electron chi connectivity index (χ1n) is 7.76. The standard InChI is InChI=1S/C17H27NO4/c1-5-16(17(19)18-11-6-12-21-13(2)3)22-15-9-7-14(20-4)8-10-15/h7-10,13,16H,5-6,11-12H2,1-4H3,(H,18,19)/t16-/m0/s1. The van der Waals surface area contributed by atoms with Crippen LogP contribution in [0, 0.1) is 0 Å². The van der Waals surface area contributed by atoms with E-state index in [9.17, 15) is 4.79 Å². The third-order valence-corrected chi connectivity index (χ3v) is 3.07. The summed E-state index contributed by atoms with van der Waals surface area (Å²) in [5.74, 6) is 1.32. The summed E-state index contributed by atoms with van der Waals surface area (Å²) in [6, 6.07) is 7.21. The zero-order chi connectivity index (χ0) is 16.4. The van der Waals surface area contributed by atoms with Crippen LogP contribution in [0.2, 0.25) is 0 Å². The average Bonchev–Trinajstić information content (AvgIpc) is 2.52. The van der Waals surface area contributed by atoms with Crippen LogP contribution in [-0.4, -0.2) is 38.4 Å². The minimum atomic E-state index is -0.487. The number of nitrogens with one attached hydrogen (secondary N) is 1. The highest BCUT2D eigenvalue weighted by molar-refractivity contribution is 5.81. The second kappa shape index (κ2) is 10.1. The molecule has 5 nitrogen and oxygen atoms in total. The summed E-state index contributed by atoms with van der Waals surface area (Å²) in [5, 5.41) is 2.88. The molecule has 124 valence electrons. The summed E-state index contributed by atoms with van der Waals surface area (Å²) in [5.41, 5.74) is 0. The minimum Gasteiger partial charge on any atom is -0.497 e. The van der Waals surface area contributed by atoms with Gasteiger partial charge in [-0.05, 0) is 51.0 Å². The van der Waals surface area contributed by atoms with Crippen molar-refractivity contribution in [1.82, 2.24) is 5.32 Å². The SMILES string of the molecule is CC[C@H](Oc1ccc(OC)cc1)C(=O)NCCCOC(C)C. The van der Waals surface area contributed by atoms with Gasteiger partial charge in [0.25, 0.3) is 5.91 Å². The maximum atomic E-state index is 12.1. The molecular formula is C17H27NO4. The molecule has 0 unspecified atom stereocenters. The molecule has 0 spiro atoms. The number of carbonyl (C=O) groups excluding carboxylic acids is 1. The van der Waals surface area contributed by atoms with Crippen LogP contribution in [0.1, 0.15) is 33.6 Å². The van der Waals surface area contributed by atoms with Gasteiger partial charge in [-0.15, -0.1) is 0 Å². The largest absolute Gasteiger partial charge is 0.497 e. The molecule has 1 N–H and O–H groups in total. The average molecular weight is 309 g/mol. The molecule has 0 heterocycles. The molecule has 0 saturated heterocycles. The maximum absolute atomic E-state index is 12.1. The molecular weight excluding hydrogens is 282 g/mol. The lowest BCUT2D eigenvalue weighted by molar-refractivity contribution is -0.128. The summed E-state index contributed by atoms with van der Waals surface area (Å²) in [4.78, 5) is 12.1. The fourth-order valence-corrected chi connectivity index (χ4v) is 1.86. The lowest BCUT2D eigenvalue weighted by Gasteiger charge is -2.17. The van der Waals surface area contributed by atoms with Crippen LogP contribution in [-0.2, 0) is 9.53 Å². The van der Waals surface area contributed by atoms with Crippen molar-refractivity contribution in [3.8, 4) is 11.5 Å². The van der Waals surface area contributed by atoms with Crippen LogP contribution >= 0.6 is 0 Å². The van der Waals surface area contributed by atoms with Crippen LogP contribution in [0.3, 0.4) is 0 Å². The molecule has 5 heteroatoms. The normalized spacial score (nSPS) is 12.0. The number of hydrogen-bond donors (Lipinski definition) is 1. The Hall–Kier alpha value is -1.75. The predicted octanol–water partition coefficient (Wildman–Crippen LogP) is 2.78. The molecule has 1 aromatic carbocycles. The van der Waals surface area contributed by atoms with Crippen LogP contribution in [0.15, 0.2) is 24.3 Å². The second-order valence-electron chi connectivity index (χ2n) is 5.25. The quantitative estimate of drug-likeness (QED) is 0.675. The van der Waals surface area contributed by atoms with Crippen molar-refractivity contribution in [2.75, 3.05) is 20.3 Å². The molecule has 1 aromatic rings. The first-order valence-corrected chi connectivity index (χ1v) is 7.76. The smallest absolute Gasteiger partial charge is 0.261 e. The molecule has 0 aromatic heterocycles. The summed E-state index contributed by atoms with van der Waals surface area (Å²) >= 11 is 0. The van der Waals surface area contributed by atoms with Gasteiger partial charge in [-0.25, -0.2) is 0 Å². The van der Waals surface area contributed by atoms with Crippen LogP contribution in [0.5, 0.6) is 11.5 Å². The van der Waals surface area contributed by atoms with Gasteiger partial charge in [-0.2, -0.15) is 0 Å². The Morgan fingerprint density at radius 3 is 2.36 bits per heavy atom. The number of hydrogen-bond acceptors (Lipinski definition) is 4. The molecule has 0 aliphatic carbocycles. The molecule has 1 rings (SSSR count). The summed E-state index contributed by atoms with van der Waals surface area (Å²) < 4.78 is 16.2. The molecule has 0 fully saturated rings. The van der Waals surface area contributed by atoms with Gasteiger partial charge < -0.3 is 19.5 Å². The van der Waals surface area contributed by atoms with E-state index in [4.69, 9.17) is 14.2 Å². The predicted molar refractivity (Wildman–Crippen MR) is 86.4 cm³/mol. The van der Waals surface area contributed by atoms with E-state index in [1.54, 1.807) is 19.2 Å². The zero-order valence-corrected chi connectivity index (χ0v) is 13.9. The maximum Gasteiger partial charge on any atom is 0.261 e. The molecule has 0 bridgehead atoms. The highest BCUT2D eigenvalue weighted by Crippen LogP contribution is 2.18. The molecule has 0 radical (unpaired) electrons. The van der Waals surface area contributed by atoms with E-state index in [1.165, 1.54) is 0 Å². The monoisotopic (exact) mass is 309 g/mol. The molecule has 22 heavy (non-hydrogen) atoms. The van der Waals surface area contributed by atoms with Gasteiger partial charge in [0.05, 0.1) is 13.2 Å². The van der Waals surface area contributed by atoms with Crippen molar-refractivity contribution in [1.29, 1.82) is 0 Å². The molecule has 0 aliphatic rings. The van der Waals surface area contributed by atoms with Crippen molar-refractivity contribution in [2.24, 2.45) is 0 Å². The molecule has 1 amide bonds. The van der Waals surface area contributed by atoms with Gasteiger partial charge in [0.15, 0.2) is 6.10 Å². The van der Waals surface area contributed by atoms with Gasteiger partial charge >= 0.3 is 0 Å². The van der Waals surface area contributed by atoms with Gasteiger partial charge in [0, 0.05) is 13.2 Å². The Labute approximate surface area is 132 Å². The zero-order valence-electron chi connectivity index (χ0n) is 13.9. The Bertz CT molecular complexity index is 431. The van der Waals surface area contributed by atoms with Crippen molar-refractivity contribution < 1.29 is 19.0 Å². The Balaban J connectivity index is 2.37. The third-order valence-electron chi connectivity index (χ3n) is 3.07. The number of carbonyl (C=O) groups is 1.